The standard InChI is InChI=1S/C23H25FN6S.C20H20N8S.C19H18F2N2OS/c1-12-6-19(28-30-11-13(2)25-22(12)30)14-7-18(24)21-20(8-14)31-23(27-21)29(3)17-9-15-4-5-16(10-17)26-15;1-27-11-14-8-12(7-13(9-21)17(14)26-27)18-23-10-16-19(25-18)29-20(24-16)28(2)15-3-5-22-6-4-15;1-24-16-9-12(2-3-14(16)20)13-8-15(21)18-17(10-13)25-19(23-18)11-4-6-22-7-5-11/h6-8,11,15-17,26H,4-5,9-10H2,1-3H3;7-8,10-11,15,22H,3-6H2,1-2H3;2-3,8-11,22H,4-7H2,1H3. The van der Waals surface area contributed by atoms with Crippen LogP contribution >= 0.6 is 34.0 Å². The number of fused-ring (bicyclic) bond motifs is 7. The van der Waals surface area contributed by atoms with Crippen LogP contribution in [-0.2, 0) is 7.05 Å². The summed E-state index contributed by atoms with van der Waals surface area (Å²) in [6.45, 7) is 7.99. The third-order valence-corrected chi connectivity index (χ3v) is 20.1. The first kappa shape index (κ1) is 56.4. The van der Waals surface area contributed by atoms with Crippen LogP contribution in [-0.4, -0.2) is 121 Å². The highest BCUT2D eigenvalue weighted by molar-refractivity contribution is 7.22. The second-order valence-corrected chi connectivity index (χ2v) is 25.6. The molecule has 0 aliphatic carbocycles. The Morgan fingerprint density at radius 1 is 0.671 bits per heavy atom. The lowest BCUT2D eigenvalue weighted by molar-refractivity contribution is 0.354. The molecule has 4 aliphatic rings. The summed E-state index contributed by atoms with van der Waals surface area (Å²) in [5, 5.41) is 32.8. The van der Waals surface area contributed by atoms with Gasteiger partial charge in [0.15, 0.2) is 44.9 Å². The van der Waals surface area contributed by atoms with Crippen molar-refractivity contribution in [3.8, 4) is 45.6 Å². The van der Waals surface area contributed by atoms with Gasteiger partial charge in [0.05, 0.1) is 50.9 Å². The molecule has 7 aromatic heterocycles. The van der Waals surface area contributed by atoms with Crippen LogP contribution in [0.3, 0.4) is 0 Å². The highest BCUT2D eigenvalue weighted by Gasteiger charge is 2.36. The van der Waals surface area contributed by atoms with E-state index in [1.165, 1.54) is 32.1 Å². The topological polar surface area (TPSA) is 188 Å². The molecule has 0 amide bonds. The number of benzene rings is 4. The van der Waals surface area contributed by atoms with Crippen molar-refractivity contribution in [1.82, 2.24) is 65.2 Å². The third-order valence-electron chi connectivity index (χ3n) is 16.8. The van der Waals surface area contributed by atoms with E-state index in [0.29, 0.717) is 63.6 Å². The molecule has 4 aromatic carbocycles. The molecule has 2 unspecified atom stereocenters. The number of imidazole rings is 1. The summed E-state index contributed by atoms with van der Waals surface area (Å²) >= 11 is 4.71. The summed E-state index contributed by atoms with van der Waals surface area (Å²) in [5.41, 5.74) is 9.39. The number of methoxy groups -OCH3 is 1. The maximum atomic E-state index is 15.1. The molecule has 23 heteroatoms. The first-order valence-electron chi connectivity index (χ1n) is 28.7. The monoisotopic (exact) mass is 1200 g/mol. The number of aromatic nitrogens is 10. The van der Waals surface area contributed by atoms with Crippen LogP contribution in [0.1, 0.15) is 79.1 Å². The average molecular weight is 1200 g/mol. The Morgan fingerprint density at radius 3 is 2.12 bits per heavy atom. The third kappa shape index (κ3) is 11.5. The van der Waals surface area contributed by atoms with Crippen LogP contribution in [0.5, 0.6) is 5.75 Å². The average Bonchev–Trinajstić information content (AvgIpc) is 2.84. The predicted molar refractivity (Wildman–Crippen MR) is 333 cm³/mol. The summed E-state index contributed by atoms with van der Waals surface area (Å²) in [6.07, 6.45) is 14.6. The molecule has 2 atom stereocenters. The zero-order chi connectivity index (χ0) is 58.6. The second kappa shape index (κ2) is 23.6. The van der Waals surface area contributed by atoms with Gasteiger partial charge in [-0.3, -0.25) is 4.68 Å². The van der Waals surface area contributed by atoms with Crippen LogP contribution in [0.25, 0.3) is 81.1 Å². The number of aryl methyl sites for hydroxylation is 3. The van der Waals surface area contributed by atoms with Gasteiger partial charge in [0, 0.05) is 73.9 Å². The van der Waals surface area contributed by atoms with Gasteiger partial charge in [-0.05, 0) is 163 Å². The highest BCUT2D eigenvalue weighted by atomic mass is 32.1. The molecule has 0 saturated carbocycles. The summed E-state index contributed by atoms with van der Waals surface area (Å²) in [7, 11) is 7.48. The first-order valence-corrected chi connectivity index (χ1v) is 31.2. The SMILES string of the molecule is CN(c1nc2cnc(-c3cc(C#N)c4nn(C)cc4c3)nc2s1)C1CCNCC1.COc1cc(-c2cc(F)c3nc(C4CCNCC4)sc3c2)ccc1F.Cc1cn2nc(-c3cc(F)c4nc(N(C)C5CC6CCC(C5)N6)sc4c3)cc(C)c2n1. The van der Waals surface area contributed by atoms with Crippen LogP contribution in [0, 0.1) is 42.6 Å². The summed E-state index contributed by atoms with van der Waals surface area (Å²) in [4.78, 5) is 33.1. The Labute approximate surface area is 501 Å². The van der Waals surface area contributed by atoms with E-state index in [4.69, 9.17) is 14.7 Å². The Balaban J connectivity index is 0.000000119. The molecule has 15 rings (SSSR count). The molecule has 0 spiro atoms. The van der Waals surface area contributed by atoms with Gasteiger partial charge in [-0.2, -0.15) is 15.5 Å². The number of piperidine rings is 3. The van der Waals surface area contributed by atoms with Crippen LogP contribution < -0.4 is 30.5 Å². The van der Waals surface area contributed by atoms with Gasteiger partial charge in [0.1, 0.15) is 33.0 Å². The Hall–Kier alpha value is -7.72. The van der Waals surface area contributed by atoms with E-state index in [1.807, 2.05) is 57.6 Å². The lowest BCUT2D eigenvalue weighted by Gasteiger charge is -2.35. The predicted octanol–water partition coefficient (Wildman–Crippen LogP) is 11.9. The molecule has 17 nitrogen and oxygen atoms in total. The first-order chi connectivity index (χ1) is 41.2. The highest BCUT2D eigenvalue weighted by Crippen LogP contribution is 2.40. The zero-order valence-electron chi connectivity index (χ0n) is 48.0. The fraction of sp³-hybridized carbons (Fsp3) is 0.371. The van der Waals surface area contributed by atoms with E-state index in [0.717, 1.165) is 144 Å². The molecular weight excluding hydrogens is 1140 g/mol. The molecule has 436 valence electrons. The molecule has 4 aliphatic heterocycles. The molecule has 4 fully saturated rings. The number of halogens is 3. The molecular formula is C62H63F3N16OS3. The van der Waals surface area contributed by atoms with Crippen LogP contribution in [0.2, 0.25) is 0 Å². The molecule has 2 bridgehead atoms. The number of thiazole rings is 3. The number of nitrogens with one attached hydrogen (secondary N) is 3. The number of nitrogens with zero attached hydrogens (tertiary/aromatic N) is 13. The molecule has 4 saturated heterocycles. The maximum absolute atomic E-state index is 15.1. The minimum absolute atomic E-state index is 0.151. The normalized spacial score (nSPS) is 18.2. The Kier molecular flexibility index (Phi) is 15.7. The van der Waals surface area contributed by atoms with E-state index in [1.54, 1.807) is 73.7 Å². The van der Waals surface area contributed by atoms with Crippen molar-refractivity contribution in [2.24, 2.45) is 7.05 Å². The number of ether oxygens (including phenoxy) is 1. The maximum Gasteiger partial charge on any atom is 0.187 e. The van der Waals surface area contributed by atoms with Crippen molar-refractivity contribution in [3.05, 3.63) is 119 Å². The van der Waals surface area contributed by atoms with Crippen molar-refractivity contribution >= 4 is 91.6 Å². The lowest BCUT2D eigenvalue weighted by Crippen LogP contribution is -2.47. The number of hydrogen-bond donors (Lipinski definition) is 3. The minimum Gasteiger partial charge on any atom is -0.494 e. The Morgan fingerprint density at radius 2 is 1.36 bits per heavy atom. The van der Waals surface area contributed by atoms with Crippen LogP contribution in [0.15, 0.2) is 79.3 Å². The number of rotatable bonds is 9. The second-order valence-electron chi connectivity index (χ2n) is 22.6. The van der Waals surface area contributed by atoms with Gasteiger partial charge >= 0.3 is 0 Å². The van der Waals surface area contributed by atoms with Gasteiger partial charge in [-0.15, -0.1) is 11.3 Å². The van der Waals surface area contributed by atoms with E-state index in [9.17, 15) is 14.0 Å². The van der Waals surface area contributed by atoms with Gasteiger partial charge in [-0.1, -0.05) is 28.7 Å². The van der Waals surface area contributed by atoms with E-state index >= 15 is 4.39 Å². The van der Waals surface area contributed by atoms with Gasteiger partial charge < -0.3 is 30.5 Å². The van der Waals surface area contributed by atoms with Gasteiger partial charge in [-0.25, -0.2) is 47.6 Å². The van der Waals surface area contributed by atoms with Gasteiger partial charge in [0.25, 0.3) is 0 Å². The molecule has 11 heterocycles. The van der Waals surface area contributed by atoms with Crippen molar-refractivity contribution in [3.63, 3.8) is 0 Å². The number of anilines is 2. The Bertz CT molecular complexity index is 4330. The summed E-state index contributed by atoms with van der Waals surface area (Å²) in [5.74, 6) is 0.0748. The van der Waals surface area contributed by atoms with E-state index in [2.05, 4.69) is 76.0 Å². The van der Waals surface area contributed by atoms with Crippen molar-refractivity contribution < 1.29 is 17.9 Å². The molecule has 11 aromatic rings. The molecule has 85 heavy (non-hydrogen) atoms. The smallest absolute Gasteiger partial charge is 0.187 e. The summed E-state index contributed by atoms with van der Waals surface area (Å²) in [6, 6.07) is 21.7. The number of hydrogen-bond acceptors (Lipinski definition) is 18. The van der Waals surface area contributed by atoms with Crippen LogP contribution in [0.4, 0.5) is 23.4 Å². The lowest BCUT2D eigenvalue weighted by atomic mass is 9.99. The van der Waals surface area contributed by atoms with Crippen molar-refractivity contribution in [1.29, 1.82) is 5.26 Å². The van der Waals surface area contributed by atoms with Crippen molar-refractivity contribution in [2.45, 2.75) is 95.3 Å². The number of nitriles is 1. The minimum atomic E-state index is -0.432. The summed E-state index contributed by atoms with van der Waals surface area (Å²) < 4.78 is 53.5. The molecule has 3 N–H and O–H groups in total. The zero-order valence-corrected chi connectivity index (χ0v) is 50.4. The quantitative estimate of drug-likeness (QED) is 0.124. The van der Waals surface area contributed by atoms with E-state index < -0.39 is 5.82 Å². The fourth-order valence-corrected chi connectivity index (χ4v) is 15.4. The molecule has 0 radical (unpaired) electrons. The van der Waals surface area contributed by atoms with Gasteiger partial charge in [0.2, 0.25) is 0 Å². The van der Waals surface area contributed by atoms with E-state index in [-0.39, 0.29) is 17.4 Å². The fourth-order valence-electron chi connectivity index (χ4n) is 12.2. The largest absolute Gasteiger partial charge is 0.494 e. The van der Waals surface area contributed by atoms with Crippen molar-refractivity contribution in [2.75, 3.05) is 57.2 Å².